The maximum absolute atomic E-state index is 12.3. The highest BCUT2D eigenvalue weighted by atomic mass is 16.5. The van der Waals surface area contributed by atoms with E-state index in [9.17, 15) is 9.90 Å². The fraction of sp³-hybridized carbons (Fsp3) is 0.316. The summed E-state index contributed by atoms with van der Waals surface area (Å²) in [5.41, 5.74) is 4.62. The second-order valence-electron chi connectivity index (χ2n) is 6.01. The molecule has 1 aliphatic rings. The number of hydrogen-bond donors (Lipinski definition) is 2. The van der Waals surface area contributed by atoms with E-state index in [4.69, 9.17) is 4.74 Å². The Morgan fingerprint density at radius 2 is 2.09 bits per heavy atom. The number of nitrogens with one attached hydrogen (secondary N) is 1. The maximum atomic E-state index is 12.3. The zero-order valence-electron chi connectivity index (χ0n) is 13.4. The van der Waals surface area contributed by atoms with Crippen molar-refractivity contribution in [1.82, 2.24) is 5.32 Å². The van der Waals surface area contributed by atoms with Crippen LogP contribution in [0.5, 0.6) is 5.75 Å². The van der Waals surface area contributed by atoms with Crippen LogP contribution in [0.4, 0.5) is 0 Å². The fourth-order valence-electron chi connectivity index (χ4n) is 2.88. The van der Waals surface area contributed by atoms with E-state index < -0.39 is 6.10 Å². The molecule has 4 nitrogen and oxygen atoms in total. The van der Waals surface area contributed by atoms with Gasteiger partial charge in [-0.3, -0.25) is 4.79 Å². The van der Waals surface area contributed by atoms with Gasteiger partial charge in [-0.2, -0.15) is 0 Å². The Kier molecular flexibility index (Phi) is 4.35. The van der Waals surface area contributed by atoms with Gasteiger partial charge >= 0.3 is 0 Å². The third-order valence-electron chi connectivity index (χ3n) is 4.18. The molecule has 1 amide bonds. The second kappa shape index (κ2) is 6.42. The highest BCUT2D eigenvalue weighted by Crippen LogP contribution is 2.28. The molecule has 2 aromatic rings. The van der Waals surface area contributed by atoms with E-state index in [2.05, 4.69) is 5.32 Å². The van der Waals surface area contributed by atoms with Gasteiger partial charge in [0, 0.05) is 18.5 Å². The number of fused-ring (bicyclic) bond motifs is 1. The van der Waals surface area contributed by atoms with E-state index in [1.807, 2.05) is 50.2 Å². The van der Waals surface area contributed by atoms with Crippen molar-refractivity contribution >= 4 is 5.91 Å². The first-order valence-corrected chi connectivity index (χ1v) is 7.84. The lowest BCUT2D eigenvalue weighted by Gasteiger charge is -2.14. The van der Waals surface area contributed by atoms with Crippen LogP contribution in [0.1, 0.15) is 38.7 Å². The highest BCUT2D eigenvalue weighted by molar-refractivity contribution is 5.95. The van der Waals surface area contributed by atoms with Gasteiger partial charge in [0.2, 0.25) is 0 Å². The maximum Gasteiger partial charge on any atom is 0.251 e. The third-order valence-corrected chi connectivity index (χ3v) is 4.18. The Hall–Kier alpha value is -2.33. The van der Waals surface area contributed by atoms with Crippen molar-refractivity contribution in [2.24, 2.45) is 0 Å². The number of amides is 1. The lowest BCUT2D eigenvalue weighted by atomic mass is 10.0. The molecule has 2 N–H and O–H groups in total. The third kappa shape index (κ3) is 3.37. The zero-order valence-corrected chi connectivity index (χ0v) is 13.4. The molecule has 0 saturated heterocycles. The van der Waals surface area contributed by atoms with Crippen LogP contribution in [-0.2, 0) is 6.42 Å². The Morgan fingerprint density at radius 1 is 1.26 bits per heavy atom. The normalized spacial score (nSPS) is 14.0. The van der Waals surface area contributed by atoms with Gasteiger partial charge in [-0.15, -0.1) is 0 Å². The lowest BCUT2D eigenvalue weighted by Crippen LogP contribution is -2.29. The van der Waals surface area contributed by atoms with Crippen LogP contribution in [0.25, 0.3) is 0 Å². The molecule has 0 spiro atoms. The second-order valence-corrected chi connectivity index (χ2v) is 6.01. The van der Waals surface area contributed by atoms with Crippen molar-refractivity contribution in [3.05, 3.63) is 64.2 Å². The lowest BCUT2D eigenvalue weighted by molar-refractivity contribution is 0.0915. The van der Waals surface area contributed by atoms with Crippen LogP contribution in [0.2, 0.25) is 0 Å². The number of carbonyl (C=O) groups excluding carboxylic acids is 1. The number of carbonyl (C=O) groups is 1. The van der Waals surface area contributed by atoms with E-state index >= 15 is 0 Å². The molecule has 1 heterocycles. The number of aliphatic hydroxyl groups is 1. The van der Waals surface area contributed by atoms with Crippen molar-refractivity contribution in [2.45, 2.75) is 26.4 Å². The summed E-state index contributed by atoms with van der Waals surface area (Å²) in [5, 5.41) is 13.1. The van der Waals surface area contributed by atoms with Crippen LogP contribution in [0, 0.1) is 13.8 Å². The van der Waals surface area contributed by atoms with Crippen molar-refractivity contribution in [1.29, 1.82) is 0 Å². The summed E-state index contributed by atoms with van der Waals surface area (Å²) in [6.07, 6.45) is 0.140. The molecule has 0 fully saturated rings. The minimum absolute atomic E-state index is 0.161. The van der Waals surface area contributed by atoms with Gasteiger partial charge in [0.25, 0.3) is 5.91 Å². The molecule has 1 unspecified atom stereocenters. The van der Waals surface area contributed by atoms with Gasteiger partial charge in [0.1, 0.15) is 5.75 Å². The van der Waals surface area contributed by atoms with Gasteiger partial charge in [-0.25, -0.2) is 0 Å². The topological polar surface area (TPSA) is 58.6 Å². The number of aliphatic hydroxyl groups excluding tert-OH is 1. The molecule has 0 aromatic heterocycles. The molecule has 0 bridgehead atoms. The summed E-state index contributed by atoms with van der Waals surface area (Å²) in [6.45, 7) is 4.79. The van der Waals surface area contributed by atoms with Crippen molar-refractivity contribution in [3.63, 3.8) is 0 Å². The van der Waals surface area contributed by atoms with Gasteiger partial charge in [-0.05, 0) is 48.7 Å². The minimum Gasteiger partial charge on any atom is -0.493 e. The van der Waals surface area contributed by atoms with Crippen LogP contribution < -0.4 is 10.1 Å². The largest absolute Gasteiger partial charge is 0.493 e. The van der Waals surface area contributed by atoms with Gasteiger partial charge in [-0.1, -0.05) is 23.8 Å². The SMILES string of the molecule is Cc1ccc(C(=O)NCC(O)c2ccc3c(c2)CCO3)c(C)c1. The van der Waals surface area contributed by atoms with E-state index in [1.165, 1.54) is 0 Å². The van der Waals surface area contributed by atoms with E-state index in [1.54, 1.807) is 0 Å². The molecule has 23 heavy (non-hydrogen) atoms. The summed E-state index contributed by atoms with van der Waals surface area (Å²) < 4.78 is 5.46. The molecule has 0 radical (unpaired) electrons. The number of ether oxygens (including phenoxy) is 1. The molecular formula is C19H21NO3. The molecule has 1 aliphatic heterocycles. The molecule has 1 atom stereocenters. The van der Waals surface area contributed by atoms with Crippen LogP contribution >= 0.6 is 0 Å². The zero-order chi connectivity index (χ0) is 16.4. The molecule has 3 rings (SSSR count). The fourth-order valence-corrected chi connectivity index (χ4v) is 2.88. The summed E-state index contributed by atoms with van der Waals surface area (Å²) in [6, 6.07) is 11.4. The van der Waals surface area contributed by atoms with E-state index in [0.717, 1.165) is 34.4 Å². The first-order valence-electron chi connectivity index (χ1n) is 7.84. The van der Waals surface area contributed by atoms with Gasteiger partial charge < -0.3 is 15.2 Å². The molecular weight excluding hydrogens is 290 g/mol. The smallest absolute Gasteiger partial charge is 0.251 e. The highest BCUT2D eigenvalue weighted by Gasteiger charge is 2.16. The average molecular weight is 311 g/mol. The predicted molar refractivity (Wildman–Crippen MR) is 88.9 cm³/mol. The number of aryl methyl sites for hydroxylation is 2. The van der Waals surface area contributed by atoms with E-state index in [0.29, 0.717) is 12.2 Å². The molecule has 0 saturated carbocycles. The Bertz CT molecular complexity index is 739. The van der Waals surface area contributed by atoms with Crippen molar-refractivity contribution in [3.8, 4) is 5.75 Å². The monoisotopic (exact) mass is 311 g/mol. The molecule has 4 heteroatoms. The Morgan fingerprint density at radius 3 is 2.87 bits per heavy atom. The predicted octanol–water partition coefficient (Wildman–Crippen LogP) is 2.70. The Balaban J connectivity index is 1.64. The summed E-state index contributed by atoms with van der Waals surface area (Å²) >= 11 is 0. The molecule has 0 aliphatic carbocycles. The van der Waals surface area contributed by atoms with Crippen molar-refractivity contribution < 1.29 is 14.6 Å². The molecule has 2 aromatic carbocycles. The molecule has 120 valence electrons. The minimum atomic E-state index is -0.726. The quantitative estimate of drug-likeness (QED) is 0.913. The first kappa shape index (κ1) is 15.6. The average Bonchev–Trinajstić information content (AvgIpc) is 2.99. The first-order chi connectivity index (χ1) is 11.0. The van der Waals surface area contributed by atoms with Crippen LogP contribution in [0.15, 0.2) is 36.4 Å². The summed E-state index contributed by atoms with van der Waals surface area (Å²) in [4.78, 5) is 12.3. The van der Waals surface area contributed by atoms with Crippen LogP contribution in [0.3, 0.4) is 0 Å². The van der Waals surface area contributed by atoms with Crippen molar-refractivity contribution in [2.75, 3.05) is 13.2 Å². The Labute approximate surface area is 136 Å². The number of hydrogen-bond acceptors (Lipinski definition) is 3. The summed E-state index contributed by atoms with van der Waals surface area (Å²) in [7, 11) is 0. The summed E-state index contributed by atoms with van der Waals surface area (Å²) in [5.74, 6) is 0.728. The van der Waals surface area contributed by atoms with Gasteiger partial charge in [0.15, 0.2) is 0 Å². The standard InChI is InChI=1S/C19H21NO3/c1-12-3-5-16(13(2)9-12)19(22)20-11-17(21)14-4-6-18-15(10-14)7-8-23-18/h3-6,9-10,17,21H,7-8,11H2,1-2H3,(H,20,22). The van der Waals surface area contributed by atoms with Crippen LogP contribution in [-0.4, -0.2) is 24.2 Å². The number of benzene rings is 2. The van der Waals surface area contributed by atoms with Gasteiger partial charge in [0.05, 0.1) is 12.7 Å². The number of rotatable bonds is 4. The van der Waals surface area contributed by atoms with E-state index in [-0.39, 0.29) is 12.5 Å².